The smallest absolute Gasteiger partial charge is 0.0144 e. The zero-order valence-electron chi connectivity index (χ0n) is 13.0. The molecule has 0 aromatic rings. The largest absolute Gasteiger partial charge is 0.317 e. The van der Waals surface area contributed by atoms with Crippen molar-refractivity contribution in [3.8, 4) is 0 Å². The molecule has 0 atom stereocenters. The molecule has 0 saturated carbocycles. The van der Waals surface area contributed by atoms with Gasteiger partial charge in [0.05, 0.1) is 0 Å². The monoisotopic (exact) mass is 230 g/mol. The Morgan fingerprint density at radius 1 is 0.875 bits per heavy atom. The van der Waals surface area contributed by atoms with E-state index in [1.54, 1.807) is 0 Å². The molecule has 0 unspecified atom stereocenters. The van der Waals surface area contributed by atoms with Gasteiger partial charge in [0, 0.05) is 17.1 Å². The molecular formula is C14H34N2. The van der Waals surface area contributed by atoms with Gasteiger partial charge >= 0.3 is 0 Å². The minimum absolute atomic E-state index is 0.273. The molecule has 0 radical (unpaired) electrons. The molecule has 1 heterocycles. The summed E-state index contributed by atoms with van der Waals surface area (Å²) in [6, 6.07) is 0.663. The molecule has 0 aromatic heterocycles. The summed E-state index contributed by atoms with van der Waals surface area (Å²) in [4.78, 5) is 0. The lowest BCUT2D eigenvalue weighted by Crippen LogP contribution is -2.61. The van der Waals surface area contributed by atoms with Crippen molar-refractivity contribution in [3.05, 3.63) is 0 Å². The van der Waals surface area contributed by atoms with Gasteiger partial charge in [0.1, 0.15) is 0 Å². The summed E-state index contributed by atoms with van der Waals surface area (Å²) < 4.78 is 0. The van der Waals surface area contributed by atoms with Crippen LogP contribution < -0.4 is 10.6 Å². The van der Waals surface area contributed by atoms with Gasteiger partial charge in [-0.3, -0.25) is 0 Å². The van der Waals surface area contributed by atoms with Gasteiger partial charge < -0.3 is 10.6 Å². The van der Waals surface area contributed by atoms with Crippen LogP contribution in [-0.4, -0.2) is 24.2 Å². The Bertz CT molecular complexity index is 146. The molecule has 1 rings (SSSR count). The molecule has 2 N–H and O–H groups in total. The maximum atomic E-state index is 3.66. The standard InChI is InChI=1S/C10H22N2.2C2H6/c1-9(2)6-8(11-5)7-10(3,4)12-9;2*1-2/h8,11-12H,6-7H2,1-5H3;2*1-2H3. The van der Waals surface area contributed by atoms with Crippen molar-refractivity contribution < 1.29 is 0 Å². The van der Waals surface area contributed by atoms with Crippen LogP contribution in [0.1, 0.15) is 68.2 Å². The molecule has 1 aliphatic heterocycles. The fraction of sp³-hybridized carbons (Fsp3) is 1.00. The van der Waals surface area contributed by atoms with E-state index in [1.807, 2.05) is 27.7 Å². The van der Waals surface area contributed by atoms with Crippen LogP contribution in [0.15, 0.2) is 0 Å². The number of piperidine rings is 1. The van der Waals surface area contributed by atoms with Crippen molar-refractivity contribution in [3.63, 3.8) is 0 Å². The zero-order chi connectivity index (χ0) is 13.4. The topological polar surface area (TPSA) is 24.1 Å². The van der Waals surface area contributed by atoms with Crippen LogP contribution >= 0.6 is 0 Å². The highest BCUT2D eigenvalue weighted by Gasteiger charge is 2.36. The van der Waals surface area contributed by atoms with Crippen molar-refractivity contribution in [2.24, 2.45) is 0 Å². The summed E-state index contributed by atoms with van der Waals surface area (Å²) in [6.07, 6.45) is 2.43. The van der Waals surface area contributed by atoms with Gasteiger partial charge in [-0.2, -0.15) is 0 Å². The highest BCUT2D eigenvalue weighted by atomic mass is 15.1. The predicted molar refractivity (Wildman–Crippen MR) is 76.1 cm³/mol. The second-order valence-corrected chi connectivity index (χ2v) is 5.29. The first-order chi connectivity index (χ1) is 7.35. The minimum Gasteiger partial charge on any atom is -0.317 e. The number of hydrogen-bond donors (Lipinski definition) is 2. The van der Waals surface area contributed by atoms with Gasteiger partial charge in [0.2, 0.25) is 0 Å². The lowest BCUT2D eigenvalue weighted by atomic mass is 9.80. The Hall–Kier alpha value is -0.0800. The molecule has 0 aromatic carbocycles. The van der Waals surface area contributed by atoms with E-state index in [2.05, 4.69) is 45.4 Å². The second kappa shape index (κ2) is 8.08. The highest BCUT2D eigenvalue weighted by Crippen LogP contribution is 2.27. The maximum absolute atomic E-state index is 3.66. The molecule has 1 saturated heterocycles. The Labute approximate surface area is 104 Å². The average molecular weight is 230 g/mol. The summed E-state index contributed by atoms with van der Waals surface area (Å²) in [5.41, 5.74) is 0.546. The lowest BCUT2D eigenvalue weighted by molar-refractivity contribution is 0.150. The molecule has 16 heavy (non-hydrogen) atoms. The molecule has 0 bridgehead atoms. The van der Waals surface area contributed by atoms with Crippen molar-refractivity contribution in [1.29, 1.82) is 0 Å². The van der Waals surface area contributed by atoms with E-state index in [1.165, 1.54) is 12.8 Å². The molecule has 1 fully saturated rings. The van der Waals surface area contributed by atoms with E-state index in [-0.39, 0.29) is 11.1 Å². The van der Waals surface area contributed by atoms with E-state index in [9.17, 15) is 0 Å². The number of nitrogens with one attached hydrogen (secondary N) is 2. The van der Waals surface area contributed by atoms with Gasteiger partial charge in [-0.15, -0.1) is 0 Å². The summed E-state index contributed by atoms with van der Waals surface area (Å²) >= 11 is 0. The van der Waals surface area contributed by atoms with Gasteiger partial charge in [-0.05, 0) is 47.6 Å². The first-order valence-electron chi connectivity index (χ1n) is 6.81. The summed E-state index contributed by atoms with van der Waals surface area (Å²) in [7, 11) is 2.06. The van der Waals surface area contributed by atoms with Crippen molar-refractivity contribution in [2.45, 2.75) is 85.4 Å². The van der Waals surface area contributed by atoms with E-state index in [4.69, 9.17) is 0 Å². The number of hydrogen-bond acceptors (Lipinski definition) is 2. The molecule has 0 aliphatic carbocycles. The zero-order valence-corrected chi connectivity index (χ0v) is 13.0. The first-order valence-corrected chi connectivity index (χ1v) is 6.81. The molecule has 0 spiro atoms. The number of rotatable bonds is 1. The lowest BCUT2D eigenvalue weighted by Gasteiger charge is -2.46. The van der Waals surface area contributed by atoms with Crippen molar-refractivity contribution in [2.75, 3.05) is 7.05 Å². The van der Waals surface area contributed by atoms with E-state index in [0.29, 0.717) is 6.04 Å². The normalized spacial score (nSPS) is 22.3. The fourth-order valence-corrected chi connectivity index (χ4v) is 2.53. The quantitative estimate of drug-likeness (QED) is 0.719. The Morgan fingerprint density at radius 2 is 1.19 bits per heavy atom. The third kappa shape index (κ3) is 7.24. The molecule has 100 valence electrons. The molecular weight excluding hydrogens is 196 g/mol. The van der Waals surface area contributed by atoms with Crippen LogP contribution in [0.25, 0.3) is 0 Å². The van der Waals surface area contributed by atoms with Crippen LogP contribution in [-0.2, 0) is 0 Å². The highest BCUT2D eigenvalue weighted by molar-refractivity contribution is 4.98. The average Bonchev–Trinajstić information content (AvgIpc) is 2.19. The second-order valence-electron chi connectivity index (χ2n) is 5.29. The van der Waals surface area contributed by atoms with Gasteiger partial charge in [-0.25, -0.2) is 0 Å². The molecule has 2 nitrogen and oxygen atoms in total. The van der Waals surface area contributed by atoms with Gasteiger partial charge in [0.25, 0.3) is 0 Å². The van der Waals surface area contributed by atoms with Crippen molar-refractivity contribution >= 4 is 0 Å². The van der Waals surface area contributed by atoms with Crippen LogP contribution in [0.2, 0.25) is 0 Å². The van der Waals surface area contributed by atoms with Gasteiger partial charge in [0.15, 0.2) is 0 Å². The van der Waals surface area contributed by atoms with Gasteiger partial charge in [-0.1, -0.05) is 27.7 Å². The first kappa shape index (κ1) is 18.3. The predicted octanol–water partition coefficient (Wildman–Crippen LogP) is 3.57. The third-order valence-electron chi connectivity index (χ3n) is 2.60. The Kier molecular flexibility index (Phi) is 9.23. The third-order valence-corrected chi connectivity index (χ3v) is 2.60. The summed E-state index contributed by atoms with van der Waals surface area (Å²) in [5, 5.41) is 7.03. The fourth-order valence-electron chi connectivity index (χ4n) is 2.53. The minimum atomic E-state index is 0.273. The van der Waals surface area contributed by atoms with Crippen LogP contribution in [0.4, 0.5) is 0 Å². The van der Waals surface area contributed by atoms with E-state index < -0.39 is 0 Å². The Morgan fingerprint density at radius 3 is 1.44 bits per heavy atom. The molecule has 1 aliphatic rings. The van der Waals surface area contributed by atoms with Crippen LogP contribution in [0.5, 0.6) is 0 Å². The SMILES string of the molecule is CC.CC.CNC1CC(C)(C)NC(C)(C)C1. The van der Waals surface area contributed by atoms with E-state index >= 15 is 0 Å². The Balaban J connectivity index is 0. The summed E-state index contributed by atoms with van der Waals surface area (Å²) in [6.45, 7) is 17.1. The molecule has 2 heteroatoms. The van der Waals surface area contributed by atoms with Crippen molar-refractivity contribution in [1.82, 2.24) is 10.6 Å². The van der Waals surface area contributed by atoms with Crippen LogP contribution in [0, 0.1) is 0 Å². The summed E-state index contributed by atoms with van der Waals surface area (Å²) in [5.74, 6) is 0. The van der Waals surface area contributed by atoms with Crippen LogP contribution in [0.3, 0.4) is 0 Å². The van der Waals surface area contributed by atoms with E-state index in [0.717, 1.165) is 0 Å². The maximum Gasteiger partial charge on any atom is 0.0144 e. The molecule has 0 amide bonds.